The SMILES string of the molecule is COCC(N)CC(=O)c1csc(C)n1. The second kappa shape index (κ2) is 5.19. The summed E-state index contributed by atoms with van der Waals surface area (Å²) in [5, 5.41) is 2.66. The number of nitrogens with zero attached hydrogens (tertiary/aromatic N) is 1. The molecular formula is C9H14N2O2S. The van der Waals surface area contributed by atoms with E-state index in [0.717, 1.165) is 5.01 Å². The quantitative estimate of drug-likeness (QED) is 0.742. The van der Waals surface area contributed by atoms with Crippen molar-refractivity contribution in [1.82, 2.24) is 4.98 Å². The topological polar surface area (TPSA) is 65.2 Å². The lowest BCUT2D eigenvalue weighted by molar-refractivity contribution is 0.0945. The standard InChI is InChI=1S/C9H14N2O2S/c1-6-11-8(5-14-6)9(12)3-7(10)4-13-2/h5,7H,3-4,10H2,1-2H3. The molecule has 1 atom stereocenters. The van der Waals surface area contributed by atoms with Crippen molar-refractivity contribution in [2.75, 3.05) is 13.7 Å². The van der Waals surface area contributed by atoms with Crippen LogP contribution in [0.4, 0.5) is 0 Å². The fourth-order valence-electron chi connectivity index (χ4n) is 1.11. The van der Waals surface area contributed by atoms with Crippen LogP contribution in [0.2, 0.25) is 0 Å². The fourth-order valence-corrected chi connectivity index (χ4v) is 1.72. The van der Waals surface area contributed by atoms with Gasteiger partial charge in [0.2, 0.25) is 0 Å². The second-order valence-corrected chi connectivity index (χ2v) is 4.16. The molecule has 1 heterocycles. The van der Waals surface area contributed by atoms with E-state index < -0.39 is 0 Å². The van der Waals surface area contributed by atoms with Crippen molar-refractivity contribution in [3.8, 4) is 0 Å². The lowest BCUT2D eigenvalue weighted by Gasteiger charge is -2.07. The van der Waals surface area contributed by atoms with Gasteiger partial charge < -0.3 is 10.5 Å². The first-order chi connectivity index (χ1) is 6.63. The van der Waals surface area contributed by atoms with Gasteiger partial charge in [-0.25, -0.2) is 4.98 Å². The summed E-state index contributed by atoms with van der Waals surface area (Å²) >= 11 is 1.47. The predicted octanol–water partition coefficient (Wildman–Crippen LogP) is 0.998. The Hall–Kier alpha value is -0.780. The zero-order valence-electron chi connectivity index (χ0n) is 8.32. The van der Waals surface area contributed by atoms with Crippen molar-refractivity contribution < 1.29 is 9.53 Å². The molecule has 78 valence electrons. The summed E-state index contributed by atoms with van der Waals surface area (Å²) in [5.74, 6) is -0.0149. The highest BCUT2D eigenvalue weighted by atomic mass is 32.1. The Labute approximate surface area is 87.1 Å². The molecule has 2 N–H and O–H groups in total. The van der Waals surface area contributed by atoms with Crippen LogP contribution in [0.25, 0.3) is 0 Å². The van der Waals surface area contributed by atoms with E-state index in [9.17, 15) is 4.79 Å². The number of methoxy groups -OCH3 is 1. The lowest BCUT2D eigenvalue weighted by Crippen LogP contribution is -2.28. The molecule has 1 aromatic rings. The van der Waals surface area contributed by atoms with E-state index in [1.165, 1.54) is 11.3 Å². The molecule has 1 unspecified atom stereocenters. The molecule has 0 radical (unpaired) electrons. The molecule has 0 saturated carbocycles. The van der Waals surface area contributed by atoms with Crippen LogP contribution in [0, 0.1) is 6.92 Å². The zero-order chi connectivity index (χ0) is 10.6. The number of ether oxygens (including phenoxy) is 1. The van der Waals surface area contributed by atoms with Crippen LogP contribution in [0.15, 0.2) is 5.38 Å². The second-order valence-electron chi connectivity index (χ2n) is 3.09. The molecule has 4 nitrogen and oxygen atoms in total. The highest BCUT2D eigenvalue weighted by Crippen LogP contribution is 2.10. The summed E-state index contributed by atoms with van der Waals surface area (Å²) in [6.07, 6.45) is 0.289. The van der Waals surface area contributed by atoms with Gasteiger partial charge >= 0.3 is 0 Å². The maximum Gasteiger partial charge on any atom is 0.183 e. The van der Waals surface area contributed by atoms with E-state index in [0.29, 0.717) is 12.3 Å². The Balaban J connectivity index is 2.50. The van der Waals surface area contributed by atoms with Gasteiger partial charge in [0.1, 0.15) is 5.69 Å². The molecule has 0 bridgehead atoms. The van der Waals surface area contributed by atoms with Crippen LogP contribution >= 0.6 is 11.3 Å². The van der Waals surface area contributed by atoms with E-state index >= 15 is 0 Å². The number of rotatable bonds is 5. The van der Waals surface area contributed by atoms with Gasteiger partial charge in [-0.05, 0) is 6.92 Å². The van der Waals surface area contributed by atoms with Gasteiger partial charge in [0.25, 0.3) is 0 Å². The molecule has 0 amide bonds. The maximum atomic E-state index is 11.6. The Morgan fingerprint density at radius 2 is 2.50 bits per heavy atom. The Bertz CT molecular complexity index is 312. The van der Waals surface area contributed by atoms with E-state index in [-0.39, 0.29) is 18.2 Å². The van der Waals surface area contributed by atoms with Crippen molar-refractivity contribution in [2.45, 2.75) is 19.4 Å². The number of carbonyl (C=O) groups is 1. The van der Waals surface area contributed by atoms with Crippen LogP contribution in [-0.2, 0) is 4.74 Å². The molecule has 14 heavy (non-hydrogen) atoms. The minimum Gasteiger partial charge on any atom is -0.383 e. The predicted molar refractivity (Wildman–Crippen MR) is 55.6 cm³/mol. The lowest BCUT2D eigenvalue weighted by atomic mass is 10.1. The number of ketones is 1. The van der Waals surface area contributed by atoms with Crippen molar-refractivity contribution in [1.29, 1.82) is 0 Å². The number of aromatic nitrogens is 1. The van der Waals surface area contributed by atoms with Gasteiger partial charge in [-0.1, -0.05) is 0 Å². The van der Waals surface area contributed by atoms with Crippen LogP contribution in [-0.4, -0.2) is 30.5 Å². The minimum atomic E-state index is -0.241. The van der Waals surface area contributed by atoms with Gasteiger partial charge in [-0.15, -0.1) is 11.3 Å². The van der Waals surface area contributed by atoms with Crippen LogP contribution in [0.3, 0.4) is 0 Å². The third-order valence-corrected chi connectivity index (χ3v) is 2.51. The first-order valence-corrected chi connectivity index (χ1v) is 5.21. The molecule has 0 aliphatic rings. The van der Waals surface area contributed by atoms with E-state index in [1.54, 1.807) is 12.5 Å². The summed E-state index contributed by atoms with van der Waals surface area (Å²) in [7, 11) is 1.57. The molecule has 5 heteroatoms. The van der Waals surface area contributed by atoms with Crippen molar-refractivity contribution in [2.24, 2.45) is 5.73 Å². The molecule has 0 aliphatic heterocycles. The zero-order valence-corrected chi connectivity index (χ0v) is 9.13. The molecule has 0 fully saturated rings. The van der Waals surface area contributed by atoms with E-state index in [4.69, 9.17) is 10.5 Å². The van der Waals surface area contributed by atoms with E-state index in [2.05, 4.69) is 4.98 Å². The number of Topliss-reactive ketones (excluding diaryl/α,β-unsaturated/α-hetero) is 1. The normalized spacial score (nSPS) is 12.8. The van der Waals surface area contributed by atoms with Gasteiger partial charge in [-0.2, -0.15) is 0 Å². The largest absolute Gasteiger partial charge is 0.383 e. The molecule has 0 spiro atoms. The Morgan fingerprint density at radius 1 is 1.79 bits per heavy atom. The number of hydrogen-bond donors (Lipinski definition) is 1. The summed E-state index contributed by atoms with van der Waals surface area (Å²) in [6, 6.07) is -0.241. The van der Waals surface area contributed by atoms with Gasteiger partial charge in [0.15, 0.2) is 5.78 Å². The number of thiazole rings is 1. The number of carbonyl (C=O) groups excluding carboxylic acids is 1. The molecule has 0 aliphatic carbocycles. The highest BCUT2D eigenvalue weighted by Gasteiger charge is 2.13. The number of aryl methyl sites for hydroxylation is 1. The number of nitrogens with two attached hydrogens (primary N) is 1. The van der Waals surface area contributed by atoms with Crippen LogP contribution in [0.1, 0.15) is 21.9 Å². The summed E-state index contributed by atoms with van der Waals surface area (Å²) in [5.41, 5.74) is 6.17. The van der Waals surface area contributed by atoms with Crippen molar-refractivity contribution in [3.63, 3.8) is 0 Å². The molecule has 0 saturated heterocycles. The molecule has 1 rings (SSSR count). The van der Waals surface area contributed by atoms with Crippen LogP contribution < -0.4 is 5.73 Å². The average molecular weight is 214 g/mol. The van der Waals surface area contributed by atoms with Gasteiger partial charge in [0, 0.05) is 25.0 Å². The molecule has 0 aromatic carbocycles. The van der Waals surface area contributed by atoms with Crippen molar-refractivity contribution >= 4 is 17.1 Å². The minimum absolute atomic E-state index is 0.0149. The molecular weight excluding hydrogens is 200 g/mol. The number of hydrogen-bond acceptors (Lipinski definition) is 5. The van der Waals surface area contributed by atoms with Crippen LogP contribution in [0.5, 0.6) is 0 Å². The highest BCUT2D eigenvalue weighted by molar-refractivity contribution is 7.09. The summed E-state index contributed by atoms with van der Waals surface area (Å²) in [4.78, 5) is 15.6. The molecule has 1 aromatic heterocycles. The fraction of sp³-hybridized carbons (Fsp3) is 0.556. The van der Waals surface area contributed by atoms with Gasteiger partial charge in [0.05, 0.1) is 11.6 Å². The monoisotopic (exact) mass is 214 g/mol. The Morgan fingerprint density at radius 3 is 3.00 bits per heavy atom. The summed E-state index contributed by atoms with van der Waals surface area (Å²) in [6.45, 7) is 2.27. The third kappa shape index (κ3) is 3.17. The Kier molecular flexibility index (Phi) is 4.19. The van der Waals surface area contributed by atoms with Crippen molar-refractivity contribution in [3.05, 3.63) is 16.1 Å². The first-order valence-electron chi connectivity index (χ1n) is 4.33. The van der Waals surface area contributed by atoms with E-state index in [1.807, 2.05) is 6.92 Å². The first kappa shape index (κ1) is 11.3. The van der Waals surface area contributed by atoms with Gasteiger partial charge in [-0.3, -0.25) is 4.79 Å². The smallest absolute Gasteiger partial charge is 0.183 e. The summed E-state index contributed by atoms with van der Waals surface area (Å²) < 4.78 is 4.85. The third-order valence-electron chi connectivity index (χ3n) is 1.73. The maximum absolute atomic E-state index is 11.6. The average Bonchev–Trinajstić information content (AvgIpc) is 2.52.